The van der Waals surface area contributed by atoms with Crippen molar-refractivity contribution >= 4 is 27.5 Å². The number of benzene rings is 3. The van der Waals surface area contributed by atoms with Gasteiger partial charge in [0, 0.05) is 28.7 Å². The number of nitrogens with zero attached hydrogens (tertiary/aromatic N) is 1. The molecule has 1 heterocycles. The predicted molar refractivity (Wildman–Crippen MR) is 111 cm³/mol. The van der Waals surface area contributed by atoms with E-state index in [9.17, 15) is 4.79 Å². The number of carbonyl (C=O) groups excluding carboxylic acids is 1. The molecule has 0 amide bonds. The van der Waals surface area contributed by atoms with Gasteiger partial charge in [0.2, 0.25) is 0 Å². The molecule has 3 heteroatoms. The Bertz CT molecular complexity index is 1150. The van der Waals surface area contributed by atoms with E-state index in [1.165, 1.54) is 0 Å². The summed E-state index contributed by atoms with van der Waals surface area (Å²) in [7, 11) is 1.65. The lowest BCUT2D eigenvalue weighted by molar-refractivity contribution is 0.104. The van der Waals surface area contributed by atoms with Crippen molar-refractivity contribution in [3.05, 3.63) is 77.5 Å². The van der Waals surface area contributed by atoms with E-state index in [0.717, 1.165) is 51.6 Å². The average Bonchev–Trinajstić information content (AvgIpc) is 2.98. The maximum absolute atomic E-state index is 13.7. The number of para-hydroxylation sites is 1. The minimum atomic E-state index is 0.0670. The summed E-state index contributed by atoms with van der Waals surface area (Å²) >= 11 is 0. The highest BCUT2D eigenvalue weighted by Gasteiger charge is 2.22. The normalized spacial score (nSPS) is 11.2. The molecule has 0 radical (unpaired) electrons. The molecule has 3 nitrogen and oxygen atoms in total. The van der Waals surface area contributed by atoms with Gasteiger partial charge in [0.1, 0.15) is 5.75 Å². The van der Waals surface area contributed by atoms with Crippen molar-refractivity contribution in [3.8, 4) is 5.75 Å². The minimum absolute atomic E-state index is 0.0670. The second-order valence-corrected chi connectivity index (χ2v) is 6.85. The van der Waals surface area contributed by atoms with Crippen LogP contribution >= 0.6 is 0 Å². The van der Waals surface area contributed by atoms with Crippen molar-refractivity contribution in [3.63, 3.8) is 0 Å². The molecule has 0 spiro atoms. The number of rotatable bonds is 5. The Hall–Kier alpha value is -3.07. The number of ether oxygens (including phenoxy) is 1. The average molecular weight is 357 g/mol. The van der Waals surface area contributed by atoms with Crippen LogP contribution in [0.1, 0.15) is 35.0 Å². The quantitative estimate of drug-likeness (QED) is 0.426. The Labute approximate surface area is 159 Å². The third kappa shape index (κ3) is 2.80. The van der Waals surface area contributed by atoms with E-state index in [0.29, 0.717) is 5.56 Å². The van der Waals surface area contributed by atoms with Crippen molar-refractivity contribution in [1.82, 2.24) is 4.57 Å². The van der Waals surface area contributed by atoms with Crippen molar-refractivity contribution < 1.29 is 9.53 Å². The molecule has 1 aromatic heterocycles. The Balaban J connectivity index is 1.97. The van der Waals surface area contributed by atoms with Crippen LogP contribution in [0.2, 0.25) is 0 Å². The SMILES string of the molecule is CCCn1c(C)c(C(=O)c2cccc3ccc(OC)cc23)c2ccccc21. The second kappa shape index (κ2) is 6.92. The number of carbonyl (C=O) groups is 1. The molecule has 0 bridgehead atoms. The first-order chi connectivity index (χ1) is 13.2. The molecule has 0 atom stereocenters. The third-order valence-corrected chi connectivity index (χ3v) is 5.24. The van der Waals surface area contributed by atoms with Crippen LogP contribution in [0, 0.1) is 6.92 Å². The molecule has 0 saturated heterocycles. The number of hydrogen-bond donors (Lipinski definition) is 0. The largest absolute Gasteiger partial charge is 0.497 e. The van der Waals surface area contributed by atoms with E-state index in [1.807, 2.05) is 54.6 Å². The first-order valence-corrected chi connectivity index (χ1v) is 9.35. The molecule has 0 N–H and O–H groups in total. The summed E-state index contributed by atoms with van der Waals surface area (Å²) in [4.78, 5) is 13.7. The van der Waals surface area contributed by atoms with Crippen LogP contribution in [0.15, 0.2) is 60.7 Å². The fourth-order valence-electron chi connectivity index (χ4n) is 3.94. The smallest absolute Gasteiger partial charge is 0.196 e. The highest BCUT2D eigenvalue weighted by molar-refractivity contribution is 6.22. The van der Waals surface area contributed by atoms with Crippen molar-refractivity contribution in [2.45, 2.75) is 26.8 Å². The van der Waals surface area contributed by atoms with E-state index in [2.05, 4.69) is 24.5 Å². The summed E-state index contributed by atoms with van der Waals surface area (Å²) in [6.45, 7) is 5.12. The fourth-order valence-corrected chi connectivity index (χ4v) is 3.94. The first kappa shape index (κ1) is 17.3. The van der Waals surface area contributed by atoms with E-state index in [-0.39, 0.29) is 5.78 Å². The van der Waals surface area contributed by atoms with Crippen LogP contribution in [-0.2, 0) is 6.54 Å². The van der Waals surface area contributed by atoms with Crippen molar-refractivity contribution in [1.29, 1.82) is 0 Å². The lowest BCUT2D eigenvalue weighted by Gasteiger charge is -2.09. The topological polar surface area (TPSA) is 31.2 Å². The van der Waals surface area contributed by atoms with Crippen LogP contribution in [-0.4, -0.2) is 17.5 Å². The zero-order valence-electron chi connectivity index (χ0n) is 16.0. The Morgan fingerprint density at radius 2 is 1.81 bits per heavy atom. The number of aryl methyl sites for hydroxylation is 1. The molecular formula is C24H23NO2. The summed E-state index contributed by atoms with van der Waals surface area (Å²) in [6.07, 6.45) is 1.03. The van der Waals surface area contributed by atoms with Gasteiger partial charge in [-0.25, -0.2) is 0 Å². The highest BCUT2D eigenvalue weighted by Crippen LogP contribution is 2.31. The molecule has 0 saturated carbocycles. The predicted octanol–water partition coefficient (Wildman–Crippen LogP) is 5.75. The van der Waals surface area contributed by atoms with Crippen molar-refractivity contribution in [2.24, 2.45) is 0 Å². The van der Waals surface area contributed by atoms with E-state index >= 15 is 0 Å². The van der Waals surface area contributed by atoms with E-state index < -0.39 is 0 Å². The summed E-state index contributed by atoms with van der Waals surface area (Å²) < 4.78 is 7.64. The van der Waals surface area contributed by atoms with Crippen molar-refractivity contribution in [2.75, 3.05) is 7.11 Å². The van der Waals surface area contributed by atoms with Gasteiger partial charge in [0.25, 0.3) is 0 Å². The summed E-state index contributed by atoms with van der Waals surface area (Å²) in [5.74, 6) is 0.824. The van der Waals surface area contributed by atoms with Gasteiger partial charge in [-0.15, -0.1) is 0 Å². The van der Waals surface area contributed by atoms with Gasteiger partial charge >= 0.3 is 0 Å². The molecule has 27 heavy (non-hydrogen) atoms. The Morgan fingerprint density at radius 1 is 1.00 bits per heavy atom. The number of hydrogen-bond acceptors (Lipinski definition) is 2. The van der Waals surface area contributed by atoms with Gasteiger partial charge in [0.15, 0.2) is 5.78 Å². The number of fused-ring (bicyclic) bond motifs is 2. The standard InChI is InChI=1S/C24H23NO2/c1-4-14-25-16(2)23(20-9-5-6-11-22(20)25)24(26)19-10-7-8-17-12-13-18(27-3)15-21(17)19/h5-13,15H,4,14H2,1-3H3. The van der Waals surface area contributed by atoms with Crippen LogP contribution < -0.4 is 4.74 Å². The summed E-state index contributed by atoms with van der Waals surface area (Å²) in [5, 5.41) is 2.98. The van der Waals surface area contributed by atoms with Gasteiger partial charge in [-0.3, -0.25) is 4.79 Å². The molecule has 0 aliphatic rings. The number of methoxy groups -OCH3 is 1. The van der Waals surface area contributed by atoms with Crippen LogP contribution in [0.3, 0.4) is 0 Å². The Kier molecular flexibility index (Phi) is 4.44. The van der Waals surface area contributed by atoms with Crippen LogP contribution in [0.5, 0.6) is 5.75 Å². The lowest BCUT2D eigenvalue weighted by atomic mass is 9.95. The molecule has 0 unspecified atom stereocenters. The maximum Gasteiger partial charge on any atom is 0.196 e. The van der Waals surface area contributed by atoms with Crippen LogP contribution in [0.4, 0.5) is 0 Å². The monoisotopic (exact) mass is 357 g/mol. The van der Waals surface area contributed by atoms with E-state index in [4.69, 9.17) is 4.74 Å². The summed E-state index contributed by atoms with van der Waals surface area (Å²) in [5.41, 5.74) is 3.67. The molecule has 0 aliphatic heterocycles. The number of ketones is 1. The molecule has 4 aromatic rings. The molecule has 0 fully saturated rings. The second-order valence-electron chi connectivity index (χ2n) is 6.85. The van der Waals surface area contributed by atoms with Gasteiger partial charge in [-0.1, -0.05) is 49.4 Å². The lowest BCUT2D eigenvalue weighted by Crippen LogP contribution is -2.06. The molecule has 4 rings (SSSR count). The highest BCUT2D eigenvalue weighted by atomic mass is 16.5. The van der Waals surface area contributed by atoms with Gasteiger partial charge in [-0.05, 0) is 42.3 Å². The number of aromatic nitrogens is 1. The fraction of sp³-hybridized carbons (Fsp3) is 0.208. The zero-order valence-corrected chi connectivity index (χ0v) is 16.0. The van der Waals surface area contributed by atoms with E-state index in [1.54, 1.807) is 7.11 Å². The Morgan fingerprint density at radius 3 is 2.59 bits per heavy atom. The molecular weight excluding hydrogens is 334 g/mol. The van der Waals surface area contributed by atoms with Gasteiger partial charge < -0.3 is 9.30 Å². The minimum Gasteiger partial charge on any atom is -0.497 e. The van der Waals surface area contributed by atoms with Gasteiger partial charge in [0.05, 0.1) is 12.7 Å². The first-order valence-electron chi connectivity index (χ1n) is 9.35. The molecule has 136 valence electrons. The third-order valence-electron chi connectivity index (χ3n) is 5.24. The molecule has 3 aromatic carbocycles. The van der Waals surface area contributed by atoms with Gasteiger partial charge in [-0.2, -0.15) is 0 Å². The maximum atomic E-state index is 13.7. The summed E-state index contributed by atoms with van der Waals surface area (Å²) in [6, 6.07) is 19.9. The van der Waals surface area contributed by atoms with Crippen LogP contribution in [0.25, 0.3) is 21.7 Å². The zero-order chi connectivity index (χ0) is 19.0. The molecule has 0 aliphatic carbocycles.